The molecule has 1 unspecified atom stereocenters. The standard InChI is InChI=1S/C17H14F3NO2/c1-11(22)15(17(18,19)20)16(23)21-14-10-6-5-9-13(14)12-7-3-2-4-8-12/h2-10,15H,1H3,(H,21,23). The fourth-order valence-corrected chi connectivity index (χ4v) is 2.23. The molecular weight excluding hydrogens is 307 g/mol. The molecule has 120 valence electrons. The van der Waals surface area contributed by atoms with Gasteiger partial charge in [0.25, 0.3) is 0 Å². The molecule has 0 heterocycles. The highest BCUT2D eigenvalue weighted by Gasteiger charge is 2.48. The van der Waals surface area contributed by atoms with Crippen molar-refractivity contribution in [3.8, 4) is 11.1 Å². The normalized spacial score (nSPS) is 12.5. The van der Waals surface area contributed by atoms with Gasteiger partial charge in [-0.15, -0.1) is 0 Å². The Morgan fingerprint density at radius 1 is 0.957 bits per heavy atom. The summed E-state index contributed by atoms with van der Waals surface area (Å²) in [5.41, 5.74) is 1.54. The van der Waals surface area contributed by atoms with Crippen LogP contribution in [0.4, 0.5) is 18.9 Å². The van der Waals surface area contributed by atoms with Gasteiger partial charge in [0, 0.05) is 11.3 Å². The van der Waals surface area contributed by atoms with Crippen LogP contribution in [0.15, 0.2) is 54.6 Å². The van der Waals surface area contributed by atoms with Crippen molar-refractivity contribution in [1.29, 1.82) is 0 Å². The van der Waals surface area contributed by atoms with E-state index >= 15 is 0 Å². The summed E-state index contributed by atoms with van der Waals surface area (Å²) in [5, 5.41) is 2.22. The lowest BCUT2D eigenvalue weighted by molar-refractivity contribution is -0.182. The fourth-order valence-electron chi connectivity index (χ4n) is 2.23. The first kappa shape index (κ1) is 16.7. The summed E-state index contributed by atoms with van der Waals surface area (Å²) in [7, 11) is 0. The number of anilines is 1. The monoisotopic (exact) mass is 321 g/mol. The zero-order valence-corrected chi connectivity index (χ0v) is 12.2. The van der Waals surface area contributed by atoms with E-state index in [1.165, 1.54) is 6.07 Å². The molecule has 0 aliphatic rings. The SMILES string of the molecule is CC(=O)C(C(=O)Nc1ccccc1-c1ccccc1)C(F)(F)F. The van der Waals surface area contributed by atoms with Crippen LogP contribution >= 0.6 is 0 Å². The van der Waals surface area contributed by atoms with Gasteiger partial charge in [-0.1, -0.05) is 48.5 Å². The van der Waals surface area contributed by atoms with Crippen molar-refractivity contribution >= 4 is 17.4 Å². The Morgan fingerprint density at radius 2 is 1.52 bits per heavy atom. The van der Waals surface area contributed by atoms with Crippen molar-refractivity contribution < 1.29 is 22.8 Å². The molecule has 6 heteroatoms. The van der Waals surface area contributed by atoms with Gasteiger partial charge in [-0.3, -0.25) is 9.59 Å². The topological polar surface area (TPSA) is 46.2 Å². The minimum atomic E-state index is -4.92. The molecule has 0 bridgehead atoms. The van der Waals surface area contributed by atoms with Gasteiger partial charge in [-0.25, -0.2) is 0 Å². The van der Waals surface area contributed by atoms with Crippen LogP contribution in [-0.2, 0) is 9.59 Å². The van der Waals surface area contributed by atoms with Crippen molar-refractivity contribution in [1.82, 2.24) is 0 Å². The van der Waals surface area contributed by atoms with Gasteiger partial charge in [-0.05, 0) is 18.6 Å². The number of amides is 1. The highest BCUT2D eigenvalue weighted by molar-refractivity contribution is 6.08. The van der Waals surface area contributed by atoms with E-state index in [-0.39, 0.29) is 5.69 Å². The maximum atomic E-state index is 12.9. The van der Waals surface area contributed by atoms with E-state index in [1.807, 2.05) is 0 Å². The number of Topliss-reactive ketones (excluding diaryl/α,β-unsaturated/α-hetero) is 1. The number of carbonyl (C=O) groups excluding carboxylic acids is 2. The van der Waals surface area contributed by atoms with Crippen molar-refractivity contribution in [3.63, 3.8) is 0 Å². The molecule has 2 rings (SSSR count). The van der Waals surface area contributed by atoms with Crippen LogP contribution in [-0.4, -0.2) is 17.9 Å². The highest BCUT2D eigenvalue weighted by atomic mass is 19.4. The number of ketones is 1. The van der Waals surface area contributed by atoms with Crippen LogP contribution in [0, 0.1) is 5.92 Å². The van der Waals surface area contributed by atoms with Crippen molar-refractivity contribution in [3.05, 3.63) is 54.6 Å². The van der Waals surface area contributed by atoms with E-state index in [0.717, 1.165) is 12.5 Å². The zero-order valence-electron chi connectivity index (χ0n) is 12.2. The lowest BCUT2D eigenvalue weighted by atomic mass is 10.0. The van der Waals surface area contributed by atoms with Gasteiger partial charge in [0.2, 0.25) is 5.91 Å². The van der Waals surface area contributed by atoms with Crippen LogP contribution in [0.3, 0.4) is 0 Å². The first-order valence-corrected chi connectivity index (χ1v) is 6.83. The van der Waals surface area contributed by atoms with Crippen molar-refractivity contribution in [2.24, 2.45) is 5.92 Å². The maximum absolute atomic E-state index is 12.9. The third kappa shape index (κ3) is 3.97. The minimum absolute atomic E-state index is 0.221. The van der Waals surface area contributed by atoms with Crippen LogP contribution in [0.1, 0.15) is 6.92 Å². The second-order valence-corrected chi connectivity index (χ2v) is 4.99. The van der Waals surface area contributed by atoms with Gasteiger partial charge in [0.1, 0.15) is 0 Å². The first-order valence-electron chi connectivity index (χ1n) is 6.83. The summed E-state index contributed by atoms with van der Waals surface area (Å²) in [6.07, 6.45) is -4.92. The zero-order chi connectivity index (χ0) is 17.0. The Hall–Kier alpha value is -2.63. The van der Waals surface area contributed by atoms with Crippen LogP contribution < -0.4 is 5.32 Å². The van der Waals surface area contributed by atoms with Crippen molar-refractivity contribution in [2.45, 2.75) is 13.1 Å². The average Bonchev–Trinajstić information content (AvgIpc) is 2.46. The smallest absolute Gasteiger partial charge is 0.325 e. The first-order chi connectivity index (χ1) is 10.8. The second kappa shape index (κ2) is 6.64. The summed E-state index contributed by atoms with van der Waals surface area (Å²) in [5.74, 6) is -5.30. The molecule has 0 saturated carbocycles. The number of nitrogens with one attached hydrogen (secondary N) is 1. The number of rotatable bonds is 4. The molecule has 0 aliphatic heterocycles. The summed E-state index contributed by atoms with van der Waals surface area (Å²) in [6.45, 7) is 0.751. The van der Waals surface area contributed by atoms with Gasteiger partial charge >= 0.3 is 6.18 Å². The molecule has 0 fully saturated rings. The molecule has 0 aliphatic carbocycles. The molecular formula is C17H14F3NO2. The Morgan fingerprint density at radius 3 is 2.09 bits per heavy atom. The second-order valence-electron chi connectivity index (χ2n) is 4.99. The Labute approximate surface area is 131 Å². The van der Waals surface area contributed by atoms with E-state index in [0.29, 0.717) is 5.56 Å². The molecule has 2 aromatic carbocycles. The molecule has 0 radical (unpaired) electrons. The van der Waals surface area contributed by atoms with Crippen molar-refractivity contribution in [2.75, 3.05) is 5.32 Å². The summed E-state index contributed by atoms with van der Waals surface area (Å²) in [6, 6.07) is 15.4. The van der Waals surface area contributed by atoms with Crippen LogP contribution in [0.2, 0.25) is 0 Å². The molecule has 1 amide bonds. The molecule has 0 aromatic heterocycles. The number of benzene rings is 2. The van der Waals surface area contributed by atoms with E-state index in [1.54, 1.807) is 48.5 Å². The lowest BCUT2D eigenvalue weighted by Crippen LogP contribution is -2.39. The fraction of sp³-hybridized carbons (Fsp3) is 0.176. The number of alkyl halides is 3. The molecule has 3 nitrogen and oxygen atoms in total. The van der Waals surface area contributed by atoms with Crippen LogP contribution in [0.5, 0.6) is 0 Å². The maximum Gasteiger partial charge on any atom is 0.407 e. The summed E-state index contributed by atoms with van der Waals surface area (Å²) in [4.78, 5) is 23.1. The molecule has 2 aromatic rings. The number of carbonyl (C=O) groups is 2. The highest BCUT2D eigenvalue weighted by Crippen LogP contribution is 2.31. The molecule has 1 N–H and O–H groups in total. The van der Waals surface area contributed by atoms with Gasteiger partial charge in [0.15, 0.2) is 11.7 Å². The quantitative estimate of drug-likeness (QED) is 0.863. The van der Waals surface area contributed by atoms with Crippen LogP contribution in [0.25, 0.3) is 11.1 Å². The largest absolute Gasteiger partial charge is 0.407 e. The Bertz CT molecular complexity index is 711. The average molecular weight is 321 g/mol. The third-order valence-electron chi connectivity index (χ3n) is 3.27. The molecule has 23 heavy (non-hydrogen) atoms. The predicted octanol–water partition coefficient (Wildman–Crippen LogP) is 4.06. The Balaban J connectivity index is 2.34. The number of hydrogen-bond acceptors (Lipinski definition) is 2. The van der Waals surface area contributed by atoms with E-state index in [9.17, 15) is 22.8 Å². The minimum Gasteiger partial charge on any atom is -0.325 e. The lowest BCUT2D eigenvalue weighted by Gasteiger charge is -2.18. The number of para-hydroxylation sites is 1. The summed E-state index contributed by atoms with van der Waals surface area (Å²) < 4.78 is 38.6. The predicted molar refractivity (Wildman–Crippen MR) is 80.7 cm³/mol. The van der Waals surface area contributed by atoms with Gasteiger partial charge < -0.3 is 5.32 Å². The van der Waals surface area contributed by atoms with Gasteiger partial charge in [0.05, 0.1) is 0 Å². The van der Waals surface area contributed by atoms with E-state index in [4.69, 9.17) is 0 Å². The van der Waals surface area contributed by atoms with Gasteiger partial charge in [-0.2, -0.15) is 13.2 Å². The number of hydrogen-bond donors (Lipinski definition) is 1. The van der Waals surface area contributed by atoms with E-state index in [2.05, 4.69) is 5.32 Å². The number of halogens is 3. The van der Waals surface area contributed by atoms with E-state index < -0.39 is 23.8 Å². The summed E-state index contributed by atoms with van der Waals surface area (Å²) >= 11 is 0. The Kier molecular flexibility index (Phi) is 4.83. The molecule has 0 saturated heterocycles. The third-order valence-corrected chi connectivity index (χ3v) is 3.27. The molecule has 1 atom stereocenters. The molecule has 0 spiro atoms.